The van der Waals surface area contributed by atoms with Crippen molar-refractivity contribution in [3.05, 3.63) is 107 Å². The monoisotopic (exact) mass is 533 g/mol. The van der Waals surface area contributed by atoms with Gasteiger partial charge in [-0.3, -0.25) is 9.78 Å². The summed E-state index contributed by atoms with van der Waals surface area (Å²) in [6.07, 6.45) is 3.69. The molecule has 0 radical (unpaired) electrons. The van der Waals surface area contributed by atoms with Crippen molar-refractivity contribution in [1.82, 2.24) is 14.9 Å². The summed E-state index contributed by atoms with van der Waals surface area (Å²) in [5.74, 6) is -0.583. The van der Waals surface area contributed by atoms with Crippen molar-refractivity contribution in [2.45, 2.75) is 25.9 Å². The van der Waals surface area contributed by atoms with Gasteiger partial charge >= 0.3 is 0 Å². The maximum Gasteiger partial charge on any atom is 0.226 e. The number of carbonyl (C=O) groups excluding carboxylic acids is 1. The zero-order chi connectivity index (χ0) is 26.1. The molecular formula is C28H25ClFN5OS. The van der Waals surface area contributed by atoms with Gasteiger partial charge < -0.3 is 20.1 Å². The van der Waals surface area contributed by atoms with E-state index in [2.05, 4.69) is 15.6 Å². The third-order valence-corrected chi connectivity index (χ3v) is 6.93. The van der Waals surface area contributed by atoms with Crippen molar-refractivity contribution in [2.24, 2.45) is 5.92 Å². The molecule has 1 aliphatic rings. The number of amides is 1. The van der Waals surface area contributed by atoms with Gasteiger partial charge in [-0.15, -0.1) is 0 Å². The van der Waals surface area contributed by atoms with E-state index in [1.54, 1.807) is 30.5 Å². The highest BCUT2D eigenvalue weighted by molar-refractivity contribution is 7.80. The van der Waals surface area contributed by atoms with E-state index in [-0.39, 0.29) is 29.7 Å². The van der Waals surface area contributed by atoms with Crippen LogP contribution in [0.2, 0.25) is 5.02 Å². The van der Waals surface area contributed by atoms with Gasteiger partial charge in [0.05, 0.1) is 22.4 Å². The van der Waals surface area contributed by atoms with Crippen LogP contribution in [0.25, 0.3) is 5.69 Å². The first kappa shape index (κ1) is 24.9. The Labute approximate surface area is 225 Å². The predicted molar refractivity (Wildman–Crippen MR) is 149 cm³/mol. The van der Waals surface area contributed by atoms with Crippen molar-refractivity contribution in [2.75, 3.05) is 10.2 Å². The second-order valence-electron chi connectivity index (χ2n) is 9.08. The summed E-state index contributed by atoms with van der Waals surface area (Å²) in [7, 11) is 0. The lowest BCUT2D eigenvalue weighted by atomic mass is 10.0. The van der Waals surface area contributed by atoms with E-state index in [9.17, 15) is 9.18 Å². The molecule has 3 heterocycles. The molecule has 0 bridgehead atoms. The Morgan fingerprint density at radius 1 is 1.08 bits per heavy atom. The number of hydrogen-bond donors (Lipinski definition) is 2. The van der Waals surface area contributed by atoms with Crippen LogP contribution in [0.15, 0.2) is 85.2 Å². The van der Waals surface area contributed by atoms with Crippen LogP contribution in [0.4, 0.5) is 15.8 Å². The van der Waals surface area contributed by atoms with Crippen LogP contribution in [0, 0.1) is 11.7 Å². The Kier molecular flexibility index (Phi) is 6.95. The van der Waals surface area contributed by atoms with Crippen LogP contribution in [-0.4, -0.2) is 20.6 Å². The molecule has 1 fully saturated rings. The standard InChI is InChI=1S/C28H25ClFN5OS/c1-17(2)27(36)32-22-13-12-20(16-21(22)29)35-26(25(33-28(35)37)23-6-3-4-14-31-23)24-7-5-15-34(24)19-10-8-18(30)9-11-19/h3-17,25-26H,1-2H3,(H,32,36)(H,33,37)/t25-,26-/m1/s1. The van der Waals surface area contributed by atoms with Crippen LogP contribution in [0.1, 0.15) is 37.3 Å². The fraction of sp³-hybridized carbons (Fsp3) is 0.179. The SMILES string of the molecule is CC(C)C(=O)Nc1ccc(N2C(=S)N[C@H](c3ccccn3)[C@H]2c2cccn2-c2ccc(F)cc2)cc1Cl. The zero-order valence-corrected chi connectivity index (χ0v) is 21.8. The normalized spacial score (nSPS) is 17.2. The van der Waals surface area contributed by atoms with E-state index in [4.69, 9.17) is 23.8 Å². The Morgan fingerprint density at radius 3 is 2.51 bits per heavy atom. The molecule has 4 aromatic rings. The van der Waals surface area contributed by atoms with Gasteiger partial charge in [0.1, 0.15) is 11.9 Å². The maximum atomic E-state index is 13.6. The highest BCUT2D eigenvalue weighted by Gasteiger charge is 2.42. The fourth-order valence-electron chi connectivity index (χ4n) is 4.44. The average molecular weight is 534 g/mol. The topological polar surface area (TPSA) is 62.2 Å². The van der Waals surface area contributed by atoms with E-state index in [1.807, 2.05) is 65.9 Å². The first-order valence-corrected chi connectivity index (χ1v) is 12.7. The average Bonchev–Trinajstić information content (AvgIpc) is 3.50. The molecule has 9 heteroatoms. The van der Waals surface area contributed by atoms with Crippen molar-refractivity contribution in [3.63, 3.8) is 0 Å². The number of thiocarbonyl (C=S) groups is 1. The summed E-state index contributed by atoms with van der Waals surface area (Å²) < 4.78 is 15.7. The minimum Gasteiger partial charge on any atom is -0.351 e. The Bertz CT molecular complexity index is 1440. The molecular weight excluding hydrogens is 509 g/mol. The number of carbonyl (C=O) groups is 1. The van der Waals surface area contributed by atoms with Crippen LogP contribution in [0.5, 0.6) is 0 Å². The predicted octanol–water partition coefficient (Wildman–Crippen LogP) is 6.44. The molecule has 37 heavy (non-hydrogen) atoms. The number of anilines is 2. The molecule has 2 aromatic carbocycles. The van der Waals surface area contributed by atoms with Gasteiger partial charge in [-0.25, -0.2) is 4.39 Å². The fourth-order valence-corrected chi connectivity index (χ4v) is 5.01. The number of nitrogens with one attached hydrogen (secondary N) is 2. The Hall–Kier alpha value is -3.75. The number of rotatable bonds is 6. The van der Waals surface area contributed by atoms with Crippen LogP contribution >= 0.6 is 23.8 Å². The second kappa shape index (κ2) is 10.3. The van der Waals surface area contributed by atoms with Crippen molar-refractivity contribution in [3.8, 4) is 5.69 Å². The molecule has 0 aliphatic carbocycles. The number of pyridine rings is 1. The van der Waals surface area contributed by atoms with E-state index >= 15 is 0 Å². The summed E-state index contributed by atoms with van der Waals surface area (Å²) in [4.78, 5) is 18.8. The first-order chi connectivity index (χ1) is 17.8. The molecule has 1 aliphatic heterocycles. The molecule has 6 nitrogen and oxygen atoms in total. The number of nitrogens with zero attached hydrogens (tertiary/aromatic N) is 3. The molecule has 2 N–H and O–H groups in total. The van der Waals surface area contributed by atoms with Gasteiger partial charge in [0.25, 0.3) is 0 Å². The highest BCUT2D eigenvalue weighted by Crippen LogP contribution is 2.43. The molecule has 188 valence electrons. The first-order valence-electron chi connectivity index (χ1n) is 11.9. The molecule has 0 spiro atoms. The summed E-state index contributed by atoms with van der Waals surface area (Å²) in [5, 5.41) is 7.22. The number of benzene rings is 2. The maximum absolute atomic E-state index is 13.6. The number of hydrogen-bond acceptors (Lipinski definition) is 3. The lowest BCUT2D eigenvalue weighted by molar-refractivity contribution is -0.118. The molecule has 0 saturated carbocycles. The van der Waals surface area contributed by atoms with Gasteiger partial charge in [0.15, 0.2) is 5.11 Å². The minimum absolute atomic E-state index is 0.113. The smallest absolute Gasteiger partial charge is 0.226 e. The third-order valence-electron chi connectivity index (χ3n) is 6.30. The van der Waals surface area contributed by atoms with E-state index in [0.717, 1.165) is 22.8 Å². The van der Waals surface area contributed by atoms with E-state index in [1.165, 1.54) is 12.1 Å². The summed E-state index contributed by atoms with van der Waals surface area (Å²) in [6, 6.07) is 21.0. The second-order valence-corrected chi connectivity index (χ2v) is 9.88. The molecule has 1 amide bonds. The van der Waals surface area contributed by atoms with Gasteiger partial charge in [-0.05, 0) is 78.9 Å². The highest BCUT2D eigenvalue weighted by atomic mass is 35.5. The lowest BCUT2D eigenvalue weighted by Crippen LogP contribution is -2.30. The van der Waals surface area contributed by atoms with Gasteiger partial charge in [0, 0.05) is 35.4 Å². The Balaban J connectivity index is 1.59. The largest absolute Gasteiger partial charge is 0.351 e. The van der Waals surface area contributed by atoms with Crippen LogP contribution in [-0.2, 0) is 4.79 Å². The van der Waals surface area contributed by atoms with Crippen molar-refractivity contribution < 1.29 is 9.18 Å². The van der Waals surface area contributed by atoms with Crippen molar-refractivity contribution in [1.29, 1.82) is 0 Å². The van der Waals surface area contributed by atoms with Crippen molar-refractivity contribution >= 4 is 46.2 Å². The van der Waals surface area contributed by atoms with E-state index < -0.39 is 0 Å². The Morgan fingerprint density at radius 2 is 1.84 bits per heavy atom. The van der Waals surface area contributed by atoms with Crippen LogP contribution < -0.4 is 15.5 Å². The molecule has 0 unspecified atom stereocenters. The van der Waals surface area contributed by atoms with Crippen LogP contribution in [0.3, 0.4) is 0 Å². The molecule has 2 atom stereocenters. The summed E-state index contributed by atoms with van der Waals surface area (Å²) in [5.41, 5.74) is 3.89. The quantitative estimate of drug-likeness (QED) is 0.279. The number of aromatic nitrogens is 2. The summed E-state index contributed by atoms with van der Waals surface area (Å²) >= 11 is 12.4. The zero-order valence-electron chi connectivity index (χ0n) is 20.2. The minimum atomic E-state index is -0.298. The van der Waals surface area contributed by atoms with Gasteiger partial charge in [-0.1, -0.05) is 31.5 Å². The number of halogens is 2. The summed E-state index contributed by atoms with van der Waals surface area (Å²) in [6.45, 7) is 3.65. The third kappa shape index (κ3) is 4.95. The van der Waals surface area contributed by atoms with Gasteiger partial charge in [0.2, 0.25) is 5.91 Å². The van der Waals surface area contributed by atoms with Gasteiger partial charge in [-0.2, -0.15) is 0 Å². The molecule has 1 saturated heterocycles. The molecule has 5 rings (SSSR count). The lowest BCUT2D eigenvalue weighted by Gasteiger charge is -2.29. The van der Waals surface area contributed by atoms with E-state index in [0.29, 0.717) is 15.8 Å². The molecule has 2 aromatic heterocycles.